The number of benzene rings is 1. The summed E-state index contributed by atoms with van der Waals surface area (Å²) in [6, 6.07) is 6.00. The number of hydrogen-bond donors (Lipinski definition) is 0. The SMILES string of the molecule is Cc1cc(C#CCN2CC(C)(C)C2)ccc1-c1cn(CC2OCC(F)(F)CO2)nn1. The van der Waals surface area contributed by atoms with E-state index in [1.807, 2.05) is 25.1 Å². The van der Waals surface area contributed by atoms with Gasteiger partial charge in [-0.1, -0.05) is 37.0 Å². The molecule has 0 amide bonds. The number of halogens is 2. The second-order valence-corrected chi connectivity index (χ2v) is 8.87. The number of aryl methyl sites for hydroxylation is 1. The van der Waals surface area contributed by atoms with Crippen molar-refractivity contribution in [3.63, 3.8) is 0 Å². The highest BCUT2D eigenvalue weighted by atomic mass is 19.3. The van der Waals surface area contributed by atoms with Crippen LogP contribution in [-0.2, 0) is 16.0 Å². The van der Waals surface area contributed by atoms with Crippen molar-refractivity contribution in [3.8, 4) is 23.1 Å². The third kappa shape index (κ3) is 5.04. The molecular formula is C22H26F2N4O2. The highest BCUT2D eigenvalue weighted by molar-refractivity contribution is 5.64. The van der Waals surface area contributed by atoms with Crippen molar-refractivity contribution in [2.24, 2.45) is 5.41 Å². The molecule has 0 saturated carbocycles. The van der Waals surface area contributed by atoms with Gasteiger partial charge in [0.25, 0.3) is 5.92 Å². The van der Waals surface area contributed by atoms with Crippen molar-refractivity contribution in [1.82, 2.24) is 19.9 Å². The Morgan fingerprint density at radius 3 is 2.60 bits per heavy atom. The summed E-state index contributed by atoms with van der Waals surface area (Å²) in [6.07, 6.45) is 1.01. The molecular weight excluding hydrogens is 390 g/mol. The van der Waals surface area contributed by atoms with Crippen molar-refractivity contribution in [2.75, 3.05) is 32.8 Å². The third-order valence-electron chi connectivity index (χ3n) is 5.18. The zero-order chi connectivity index (χ0) is 21.4. The van der Waals surface area contributed by atoms with Gasteiger partial charge in [0.1, 0.15) is 18.9 Å². The average Bonchev–Trinajstić information content (AvgIpc) is 3.10. The Morgan fingerprint density at radius 1 is 1.20 bits per heavy atom. The van der Waals surface area contributed by atoms with Crippen LogP contribution in [-0.4, -0.2) is 65.0 Å². The molecule has 0 spiro atoms. The number of alkyl halides is 2. The minimum atomic E-state index is -2.93. The standard InChI is InChI=1S/C22H26F2N4O2/c1-16-9-17(5-4-8-27-12-21(2,3)13-27)6-7-18(16)19-10-28(26-25-19)11-20-29-14-22(23,24)15-30-20/h6-7,9-10,20H,8,11-15H2,1-3H3. The van der Waals surface area contributed by atoms with Gasteiger partial charge in [-0.3, -0.25) is 4.90 Å². The van der Waals surface area contributed by atoms with Crippen LogP contribution in [0.3, 0.4) is 0 Å². The average molecular weight is 416 g/mol. The first-order chi connectivity index (χ1) is 14.2. The molecule has 1 aromatic carbocycles. The molecule has 2 fully saturated rings. The number of nitrogens with zero attached hydrogens (tertiary/aromatic N) is 4. The minimum absolute atomic E-state index is 0.207. The van der Waals surface area contributed by atoms with Gasteiger partial charge in [-0.15, -0.1) is 5.10 Å². The van der Waals surface area contributed by atoms with Gasteiger partial charge in [-0.25, -0.2) is 13.5 Å². The van der Waals surface area contributed by atoms with Gasteiger partial charge in [-0.2, -0.15) is 0 Å². The molecule has 0 unspecified atom stereocenters. The van der Waals surface area contributed by atoms with Gasteiger partial charge in [-0.05, 0) is 30.0 Å². The number of likely N-dealkylation sites (tertiary alicyclic amines) is 1. The number of hydrogen-bond acceptors (Lipinski definition) is 5. The van der Waals surface area contributed by atoms with Crippen LogP contribution in [0.25, 0.3) is 11.3 Å². The molecule has 1 aromatic heterocycles. The molecule has 2 aliphatic heterocycles. The topological polar surface area (TPSA) is 52.4 Å². The van der Waals surface area contributed by atoms with E-state index in [0.29, 0.717) is 11.1 Å². The van der Waals surface area contributed by atoms with Crippen LogP contribution in [0.15, 0.2) is 24.4 Å². The van der Waals surface area contributed by atoms with Crippen molar-refractivity contribution in [1.29, 1.82) is 0 Å². The lowest BCUT2D eigenvalue weighted by Gasteiger charge is -2.44. The van der Waals surface area contributed by atoms with Crippen LogP contribution < -0.4 is 0 Å². The largest absolute Gasteiger partial charge is 0.344 e. The van der Waals surface area contributed by atoms with E-state index in [2.05, 4.69) is 40.9 Å². The second-order valence-electron chi connectivity index (χ2n) is 8.87. The highest BCUT2D eigenvalue weighted by Gasteiger charge is 2.37. The smallest absolute Gasteiger partial charge is 0.293 e. The van der Waals surface area contributed by atoms with Crippen molar-refractivity contribution in [3.05, 3.63) is 35.5 Å². The van der Waals surface area contributed by atoms with Gasteiger partial charge in [0.15, 0.2) is 6.29 Å². The zero-order valence-corrected chi connectivity index (χ0v) is 17.5. The maximum absolute atomic E-state index is 13.1. The van der Waals surface area contributed by atoms with Gasteiger partial charge in [0, 0.05) is 24.2 Å². The maximum atomic E-state index is 13.1. The molecule has 2 aliphatic rings. The Kier molecular flexibility index (Phi) is 5.62. The lowest BCUT2D eigenvalue weighted by atomic mass is 9.84. The lowest BCUT2D eigenvalue weighted by Crippen LogP contribution is -2.52. The minimum Gasteiger partial charge on any atom is -0.344 e. The van der Waals surface area contributed by atoms with E-state index in [4.69, 9.17) is 9.47 Å². The molecule has 3 heterocycles. The van der Waals surface area contributed by atoms with E-state index >= 15 is 0 Å². The van der Waals surface area contributed by atoms with E-state index in [0.717, 1.165) is 36.3 Å². The first-order valence-corrected chi connectivity index (χ1v) is 10.0. The summed E-state index contributed by atoms with van der Waals surface area (Å²) in [5.74, 6) is 3.54. The van der Waals surface area contributed by atoms with Gasteiger partial charge in [0.05, 0.1) is 19.3 Å². The Morgan fingerprint density at radius 2 is 1.93 bits per heavy atom. The Balaban J connectivity index is 1.36. The molecule has 0 aliphatic carbocycles. The van der Waals surface area contributed by atoms with Crippen LogP contribution in [0.5, 0.6) is 0 Å². The molecule has 0 bridgehead atoms. The molecule has 6 nitrogen and oxygen atoms in total. The van der Waals surface area contributed by atoms with Crippen LogP contribution in [0.1, 0.15) is 25.0 Å². The van der Waals surface area contributed by atoms with E-state index in [-0.39, 0.29) is 6.54 Å². The lowest BCUT2D eigenvalue weighted by molar-refractivity contribution is -0.271. The number of ether oxygens (including phenoxy) is 2. The summed E-state index contributed by atoms with van der Waals surface area (Å²) in [4.78, 5) is 2.34. The van der Waals surface area contributed by atoms with Crippen molar-refractivity contribution >= 4 is 0 Å². The van der Waals surface area contributed by atoms with Crippen LogP contribution in [0.4, 0.5) is 8.78 Å². The fourth-order valence-corrected chi connectivity index (χ4v) is 3.85. The molecule has 8 heteroatoms. The first kappa shape index (κ1) is 20.9. The molecule has 4 rings (SSSR count). The maximum Gasteiger partial charge on any atom is 0.293 e. The fourth-order valence-electron chi connectivity index (χ4n) is 3.85. The fraction of sp³-hybridized carbons (Fsp3) is 0.545. The van der Waals surface area contributed by atoms with E-state index in [1.54, 1.807) is 10.9 Å². The third-order valence-corrected chi connectivity index (χ3v) is 5.18. The zero-order valence-electron chi connectivity index (χ0n) is 17.5. The molecule has 0 atom stereocenters. The Bertz CT molecular complexity index is 959. The Labute approximate surface area is 175 Å². The van der Waals surface area contributed by atoms with Crippen molar-refractivity contribution in [2.45, 2.75) is 39.5 Å². The number of rotatable bonds is 4. The van der Waals surface area contributed by atoms with Crippen molar-refractivity contribution < 1.29 is 18.3 Å². The summed E-state index contributed by atoms with van der Waals surface area (Å²) in [7, 11) is 0. The first-order valence-electron chi connectivity index (χ1n) is 10.0. The predicted molar refractivity (Wildman–Crippen MR) is 108 cm³/mol. The summed E-state index contributed by atoms with van der Waals surface area (Å²) < 4.78 is 37.8. The van der Waals surface area contributed by atoms with E-state index < -0.39 is 25.4 Å². The Hall–Kier alpha value is -2.34. The monoisotopic (exact) mass is 416 g/mol. The number of aromatic nitrogens is 3. The van der Waals surface area contributed by atoms with Crippen LogP contribution in [0, 0.1) is 24.2 Å². The predicted octanol–water partition coefficient (Wildman–Crippen LogP) is 2.96. The summed E-state index contributed by atoms with van der Waals surface area (Å²) in [6.45, 7) is 8.43. The molecule has 2 aromatic rings. The van der Waals surface area contributed by atoms with E-state index in [1.165, 1.54) is 0 Å². The summed E-state index contributed by atoms with van der Waals surface area (Å²) >= 11 is 0. The highest BCUT2D eigenvalue weighted by Crippen LogP contribution is 2.28. The second kappa shape index (κ2) is 8.06. The summed E-state index contributed by atoms with van der Waals surface area (Å²) in [5, 5.41) is 8.27. The normalized spacial score (nSPS) is 21.0. The van der Waals surface area contributed by atoms with Gasteiger partial charge < -0.3 is 9.47 Å². The molecule has 0 N–H and O–H groups in total. The van der Waals surface area contributed by atoms with Crippen LogP contribution in [0.2, 0.25) is 0 Å². The molecule has 0 radical (unpaired) electrons. The van der Waals surface area contributed by atoms with Gasteiger partial charge in [0.2, 0.25) is 0 Å². The van der Waals surface area contributed by atoms with Crippen LogP contribution >= 0.6 is 0 Å². The molecule has 30 heavy (non-hydrogen) atoms. The summed E-state index contributed by atoms with van der Waals surface area (Å²) in [5.41, 5.74) is 4.08. The molecule has 2 saturated heterocycles. The quantitative estimate of drug-likeness (QED) is 0.718. The van der Waals surface area contributed by atoms with Gasteiger partial charge >= 0.3 is 0 Å². The molecule has 160 valence electrons. The van der Waals surface area contributed by atoms with E-state index in [9.17, 15) is 8.78 Å².